The van der Waals surface area contributed by atoms with Gasteiger partial charge in [-0.1, -0.05) is 24.3 Å². The fourth-order valence-electron chi connectivity index (χ4n) is 3.02. The lowest BCUT2D eigenvalue weighted by Crippen LogP contribution is -1.99. The first-order chi connectivity index (χ1) is 11.3. The number of methoxy groups -OCH3 is 1. The Morgan fingerprint density at radius 2 is 1.91 bits per heavy atom. The van der Waals surface area contributed by atoms with Gasteiger partial charge in [-0.25, -0.2) is 4.39 Å². The number of nitrogens with two attached hydrogens (primary N) is 1. The Morgan fingerprint density at radius 1 is 1.09 bits per heavy atom. The van der Waals surface area contributed by atoms with Crippen LogP contribution in [-0.4, -0.2) is 18.6 Å². The Morgan fingerprint density at radius 3 is 2.70 bits per heavy atom. The van der Waals surface area contributed by atoms with Gasteiger partial charge in [0.2, 0.25) is 0 Å². The number of ether oxygens (including phenoxy) is 1. The van der Waals surface area contributed by atoms with Gasteiger partial charge in [0.05, 0.1) is 18.3 Å². The monoisotopic (exact) mass is 312 g/mol. The minimum atomic E-state index is -0.233. The van der Waals surface area contributed by atoms with Gasteiger partial charge < -0.3 is 15.5 Å². The van der Waals surface area contributed by atoms with E-state index in [1.807, 2.05) is 30.3 Å². The topological polar surface area (TPSA) is 51.0 Å². The first kappa shape index (κ1) is 15.6. The van der Waals surface area contributed by atoms with Crippen molar-refractivity contribution in [3.05, 3.63) is 53.8 Å². The number of rotatable bonds is 6. The van der Waals surface area contributed by atoms with Crippen LogP contribution >= 0.6 is 0 Å². The molecule has 4 heteroatoms. The number of halogens is 1. The summed E-state index contributed by atoms with van der Waals surface area (Å²) >= 11 is 0. The zero-order valence-corrected chi connectivity index (χ0v) is 13.2. The standard InChI is InChI=1S/C19H21FN2O/c1-23-17-11-3-2-8-15(17)18-13(7-4-5-12-21)14-9-6-10-16(20)19(14)22-18/h2-3,6,8-11,22H,4-5,7,12,21H2,1H3. The van der Waals surface area contributed by atoms with Crippen LogP contribution in [0.3, 0.4) is 0 Å². The van der Waals surface area contributed by atoms with Gasteiger partial charge in [-0.2, -0.15) is 0 Å². The minimum absolute atomic E-state index is 0.233. The first-order valence-corrected chi connectivity index (χ1v) is 7.88. The lowest BCUT2D eigenvalue weighted by Gasteiger charge is -2.09. The van der Waals surface area contributed by atoms with Crippen LogP contribution in [0.15, 0.2) is 42.5 Å². The number of aromatic nitrogens is 1. The van der Waals surface area contributed by atoms with E-state index in [0.29, 0.717) is 12.1 Å². The molecule has 120 valence electrons. The summed E-state index contributed by atoms with van der Waals surface area (Å²) in [4.78, 5) is 3.26. The lowest BCUT2D eigenvalue weighted by molar-refractivity contribution is 0.416. The molecule has 0 amide bonds. The number of aromatic amines is 1. The lowest BCUT2D eigenvalue weighted by atomic mass is 9.99. The Balaban J connectivity index is 2.18. The van der Waals surface area contributed by atoms with Crippen molar-refractivity contribution in [3.63, 3.8) is 0 Å². The summed E-state index contributed by atoms with van der Waals surface area (Å²) in [5.74, 6) is 0.545. The number of hydrogen-bond donors (Lipinski definition) is 2. The summed E-state index contributed by atoms with van der Waals surface area (Å²) in [6.45, 7) is 0.667. The van der Waals surface area contributed by atoms with Crippen LogP contribution in [0.25, 0.3) is 22.2 Å². The van der Waals surface area contributed by atoms with E-state index in [1.54, 1.807) is 13.2 Å². The maximum absolute atomic E-state index is 14.2. The molecule has 0 bridgehead atoms. The molecule has 3 rings (SSSR count). The van der Waals surface area contributed by atoms with Gasteiger partial charge in [-0.05, 0) is 49.6 Å². The number of aryl methyl sites for hydroxylation is 1. The van der Waals surface area contributed by atoms with E-state index in [2.05, 4.69) is 4.98 Å². The van der Waals surface area contributed by atoms with E-state index in [9.17, 15) is 4.39 Å². The predicted octanol–water partition coefficient (Wildman–Crippen LogP) is 4.26. The summed E-state index contributed by atoms with van der Waals surface area (Å²) in [6, 6.07) is 13.0. The molecule has 23 heavy (non-hydrogen) atoms. The van der Waals surface area contributed by atoms with Crippen molar-refractivity contribution in [3.8, 4) is 17.0 Å². The number of H-pyrrole nitrogens is 1. The highest BCUT2D eigenvalue weighted by atomic mass is 19.1. The van der Waals surface area contributed by atoms with Crippen molar-refractivity contribution in [2.45, 2.75) is 19.3 Å². The molecule has 0 aliphatic carbocycles. The van der Waals surface area contributed by atoms with E-state index in [4.69, 9.17) is 10.5 Å². The maximum Gasteiger partial charge on any atom is 0.147 e. The third-order valence-electron chi connectivity index (χ3n) is 4.15. The molecule has 1 heterocycles. The number of para-hydroxylation sites is 2. The molecule has 0 saturated carbocycles. The van der Waals surface area contributed by atoms with E-state index in [1.165, 1.54) is 6.07 Å². The molecule has 3 N–H and O–H groups in total. The van der Waals surface area contributed by atoms with Crippen molar-refractivity contribution < 1.29 is 9.13 Å². The largest absolute Gasteiger partial charge is 0.496 e. The van der Waals surface area contributed by atoms with E-state index >= 15 is 0 Å². The Labute approximate surface area is 135 Å². The van der Waals surface area contributed by atoms with Crippen LogP contribution in [0.2, 0.25) is 0 Å². The summed E-state index contributed by atoms with van der Waals surface area (Å²) in [5, 5.41) is 0.933. The molecule has 0 aliphatic heterocycles. The SMILES string of the molecule is COc1ccccc1-c1[nH]c2c(F)cccc2c1CCCCN. The third kappa shape index (κ3) is 2.94. The van der Waals surface area contributed by atoms with Crippen molar-refractivity contribution >= 4 is 10.9 Å². The van der Waals surface area contributed by atoms with Crippen molar-refractivity contribution in [2.24, 2.45) is 5.73 Å². The number of nitrogens with one attached hydrogen (secondary N) is 1. The zero-order chi connectivity index (χ0) is 16.2. The number of fused-ring (bicyclic) bond motifs is 1. The highest BCUT2D eigenvalue weighted by Crippen LogP contribution is 2.37. The zero-order valence-electron chi connectivity index (χ0n) is 13.2. The highest BCUT2D eigenvalue weighted by molar-refractivity contribution is 5.92. The van der Waals surface area contributed by atoms with Gasteiger partial charge in [-0.15, -0.1) is 0 Å². The Kier molecular flexibility index (Phi) is 4.63. The minimum Gasteiger partial charge on any atom is -0.496 e. The second kappa shape index (κ2) is 6.84. The fraction of sp³-hybridized carbons (Fsp3) is 0.263. The van der Waals surface area contributed by atoms with Crippen LogP contribution in [0, 0.1) is 5.82 Å². The third-order valence-corrected chi connectivity index (χ3v) is 4.15. The summed E-state index contributed by atoms with van der Waals surface area (Å²) in [5.41, 5.74) is 9.17. The van der Waals surface area contributed by atoms with Crippen molar-refractivity contribution in [1.29, 1.82) is 0 Å². The second-order valence-electron chi connectivity index (χ2n) is 5.59. The van der Waals surface area contributed by atoms with Gasteiger partial charge in [0.1, 0.15) is 11.6 Å². The predicted molar refractivity (Wildman–Crippen MR) is 92.2 cm³/mol. The first-order valence-electron chi connectivity index (χ1n) is 7.88. The molecule has 0 unspecified atom stereocenters. The molecule has 0 saturated heterocycles. The van der Waals surface area contributed by atoms with Crippen LogP contribution in [-0.2, 0) is 6.42 Å². The van der Waals surface area contributed by atoms with Crippen LogP contribution in [0.4, 0.5) is 4.39 Å². The Hall–Kier alpha value is -2.33. The summed E-state index contributed by atoms with van der Waals surface area (Å²) in [7, 11) is 1.65. The molecule has 2 aromatic carbocycles. The molecule has 3 nitrogen and oxygen atoms in total. The van der Waals surface area contributed by atoms with Crippen molar-refractivity contribution in [1.82, 2.24) is 4.98 Å². The van der Waals surface area contributed by atoms with Crippen LogP contribution < -0.4 is 10.5 Å². The second-order valence-corrected chi connectivity index (χ2v) is 5.59. The van der Waals surface area contributed by atoms with Gasteiger partial charge >= 0.3 is 0 Å². The average molecular weight is 312 g/mol. The highest BCUT2D eigenvalue weighted by Gasteiger charge is 2.17. The molecule has 1 aromatic heterocycles. The van der Waals surface area contributed by atoms with Crippen LogP contribution in [0.5, 0.6) is 5.75 Å². The van der Waals surface area contributed by atoms with Crippen molar-refractivity contribution in [2.75, 3.05) is 13.7 Å². The smallest absolute Gasteiger partial charge is 0.147 e. The summed E-state index contributed by atoms with van der Waals surface area (Å²) in [6.07, 6.45) is 2.78. The quantitative estimate of drug-likeness (QED) is 0.668. The average Bonchev–Trinajstić information content (AvgIpc) is 2.95. The summed E-state index contributed by atoms with van der Waals surface area (Å²) < 4.78 is 19.7. The Bertz CT molecular complexity index is 810. The molecule has 0 spiro atoms. The molecular weight excluding hydrogens is 291 g/mol. The fourth-order valence-corrected chi connectivity index (χ4v) is 3.02. The number of benzene rings is 2. The molecular formula is C19H21FN2O. The molecule has 0 aliphatic rings. The van der Waals surface area contributed by atoms with Gasteiger partial charge in [-0.3, -0.25) is 0 Å². The molecule has 0 atom stereocenters. The van der Waals surface area contributed by atoms with Gasteiger partial charge in [0.15, 0.2) is 0 Å². The van der Waals surface area contributed by atoms with Gasteiger partial charge in [0, 0.05) is 10.9 Å². The maximum atomic E-state index is 14.2. The normalized spacial score (nSPS) is 11.1. The number of hydrogen-bond acceptors (Lipinski definition) is 2. The molecule has 0 fully saturated rings. The van der Waals surface area contributed by atoms with E-state index in [0.717, 1.165) is 47.2 Å². The van der Waals surface area contributed by atoms with Gasteiger partial charge in [0.25, 0.3) is 0 Å². The molecule has 0 radical (unpaired) electrons. The van der Waals surface area contributed by atoms with E-state index in [-0.39, 0.29) is 5.82 Å². The van der Waals surface area contributed by atoms with Crippen LogP contribution in [0.1, 0.15) is 18.4 Å². The molecule has 3 aromatic rings. The number of unbranched alkanes of at least 4 members (excludes halogenated alkanes) is 1. The van der Waals surface area contributed by atoms with E-state index < -0.39 is 0 Å².